The Bertz CT molecular complexity index is 1030. The first-order chi connectivity index (χ1) is 14.1. The average molecular weight is 391 g/mol. The molecule has 29 heavy (non-hydrogen) atoms. The Labute approximate surface area is 169 Å². The highest BCUT2D eigenvalue weighted by Gasteiger charge is 2.14. The largest absolute Gasteiger partial charge is 0.457 e. The van der Waals surface area contributed by atoms with E-state index in [9.17, 15) is 4.79 Å². The molecule has 1 aromatic carbocycles. The molecule has 0 spiro atoms. The second kappa shape index (κ2) is 8.43. The Kier molecular flexibility index (Phi) is 5.55. The van der Waals surface area contributed by atoms with Crippen LogP contribution < -0.4 is 15.8 Å². The Morgan fingerprint density at radius 2 is 2.03 bits per heavy atom. The van der Waals surface area contributed by atoms with Crippen LogP contribution in [0.1, 0.15) is 48.2 Å². The number of rotatable bonds is 6. The molecule has 7 heteroatoms. The number of pyridine rings is 1. The summed E-state index contributed by atoms with van der Waals surface area (Å²) in [5, 5.41) is 4.26. The number of hydrogen-bond donors (Lipinski definition) is 2. The number of nitrogens with zero attached hydrogens (tertiary/aromatic N) is 3. The molecule has 0 unspecified atom stereocenters. The number of hydrogen-bond acceptors (Lipinski definition) is 6. The molecule has 3 N–H and O–H groups in total. The standard InChI is InChI=1S/C22H25N5O2/c1-14-19(9-10-24-20(14)21(23)28)29-17-7-8-18-16(11-17)13-26-22(27-18)25-12-15-5-3-2-4-6-15/h7-11,13,15H,2-6,12H2,1H3,(H2,23,28)(H,25,26,27). The third-order valence-electron chi connectivity index (χ3n) is 5.44. The first kappa shape index (κ1) is 19.1. The van der Waals surface area contributed by atoms with Crippen molar-refractivity contribution in [3.8, 4) is 11.5 Å². The fourth-order valence-corrected chi connectivity index (χ4v) is 3.79. The summed E-state index contributed by atoms with van der Waals surface area (Å²) < 4.78 is 5.95. The number of carbonyl (C=O) groups excluding carboxylic acids is 1. The van der Waals surface area contributed by atoms with Crippen LogP contribution in [0.5, 0.6) is 11.5 Å². The molecule has 7 nitrogen and oxygen atoms in total. The van der Waals surface area contributed by atoms with Gasteiger partial charge in [0.1, 0.15) is 17.2 Å². The maximum Gasteiger partial charge on any atom is 0.267 e. The highest BCUT2D eigenvalue weighted by molar-refractivity contribution is 5.92. The zero-order valence-corrected chi connectivity index (χ0v) is 16.5. The van der Waals surface area contributed by atoms with E-state index in [-0.39, 0.29) is 5.69 Å². The van der Waals surface area contributed by atoms with Gasteiger partial charge >= 0.3 is 0 Å². The predicted octanol–water partition coefficient (Wildman–Crippen LogP) is 4.22. The second-order valence-electron chi connectivity index (χ2n) is 7.55. The van der Waals surface area contributed by atoms with E-state index >= 15 is 0 Å². The molecule has 0 aliphatic heterocycles. The van der Waals surface area contributed by atoms with E-state index in [4.69, 9.17) is 10.5 Å². The summed E-state index contributed by atoms with van der Waals surface area (Å²) in [5.41, 5.74) is 7.03. The first-order valence-electron chi connectivity index (χ1n) is 10.0. The smallest absolute Gasteiger partial charge is 0.267 e. The summed E-state index contributed by atoms with van der Waals surface area (Å²) in [4.78, 5) is 24.5. The lowest BCUT2D eigenvalue weighted by Gasteiger charge is -2.21. The molecule has 2 aromatic heterocycles. The van der Waals surface area contributed by atoms with Crippen molar-refractivity contribution in [3.05, 3.63) is 47.9 Å². The van der Waals surface area contributed by atoms with Gasteiger partial charge in [-0.25, -0.2) is 9.97 Å². The second-order valence-corrected chi connectivity index (χ2v) is 7.55. The van der Waals surface area contributed by atoms with E-state index in [0.717, 1.165) is 17.4 Å². The summed E-state index contributed by atoms with van der Waals surface area (Å²) in [6.45, 7) is 2.69. The average Bonchev–Trinajstić information content (AvgIpc) is 2.74. The number of nitrogens with one attached hydrogen (secondary N) is 1. The van der Waals surface area contributed by atoms with Crippen LogP contribution in [0, 0.1) is 12.8 Å². The van der Waals surface area contributed by atoms with Gasteiger partial charge in [-0.3, -0.25) is 9.78 Å². The maximum atomic E-state index is 11.5. The molecular formula is C22H25N5O2. The highest BCUT2D eigenvalue weighted by Crippen LogP contribution is 2.28. The van der Waals surface area contributed by atoms with Gasteiger partial charge in [-0.05, 0) is 49.9 Å². The van der Waals surface area contributed by atoms with Crippen molar-refractivity contribution in [2.24, 2.45) is 11.7 Å². The monoisotopic (exact) mass is 391 g/mol. The Hall–Kier alpha value is -3.22. The van der Waals surface area contributed by atoms with Crippen molar-refractivity contribution in [3.63, 3.8) is 0 Å². The van der Waals surface area contributed by atoms with Crippen LogP contribution in [-0.2, 0) is 0 Å². The Morgan fingerprint density at radius 1 is 1.21 bits per heavy atom. The summed E-state index contributed by atoms with van der Waals surface area (Å²) in [7, 11) is 0. The minimum absolute atomic E-state index is 0.209. The summed E-state index contributed by atoms with van der Waals surface area (Å²) in [6.07, 6.45) is 9.89. The van der Waals surface area contributed by atoms with Crippen LogP contribution in [0.4, 0.5) is 5.95 Å². The quantitative estimate of drug-likeness (QED) is 0.652. The molecule has 0 atom stereocenters. The Balaban J connectivity index is 1.48. The first-order valence-corrected chi connectivity index (χ1v) is 10.0. The lowest BCUT2D eigenvalue weighted by Crippen LogP contribution is -2.18. The summed E-state index contributed by atoms with van der Waals surface area (Å²) in [5.74, 6) is 1.97. The predicted molar refractivity (Wildman–Crippen MR) is 112 cm³/mol. The van der Waals surface area contributed by atoms with Crippen LogP contribution in [0.3, 0.4) is 0 Å². The van der Waals surface area contributed by atoms with E-state index in [1.54, 1.807) is 19.2 Å². The number of anilines is 1. The molecule has 1 fully saturated rings. The summed E-state index contributed by atoms with van der Waals surface area (Å²) >= 11 is 0. The van der Waals surface area contributed by atoms with Crippen LogP contribution >= 0.6 is 0 Å². The van der Waals surface area contributed by atoms with Gasteiger partial charge in [0.25, 0.3) is 5.91 Å². The maximum absolute atomic E-state index is 11.5. The fourth-order valence-electron chi connectivity index (χ4n) is 3.79. The van der Waals surface area contributed by atoms with E-state index in [2.05, 4.69) is 20.3 Å². The van der Waals surface area contributed by atoms with Crippen LogP contribution in [-0.4, -0.2) is 27.4 Å². The van der Waals surface area contributed by atoms with Gasteiger partial charge in [-0.15, -0.1) is 0 Å². The normalized spacial score (nSPS) is 14.7. The summed E-state index contributed by atoms with van der Waals surface area (Å²) in [6, 6.07) is 7.35. The van der Waals surface area contributed by atoms with E-state index < -0.39 is 5.91 Å². The minimum atomic E-state index is -0.576. The van der Waals surface area contributed by atoms with E-state index in [1.807, 2.05) is 18.2 Å². The SMILES string of the molecule is Cc1c(Oc2ccc3nc(NCC4CCCCC4)ncc3c2)ccnc1C(N)=O. The third kappa shape index (κ3) is 4.45. The molecule has 0 bridgehead atoms. The van der Waals surface area contributed by atoms with Crippen LogP contribution in [0.25, 0.3) is 10.9 Å². The number of aromatic nitrogens is 3. The molecule has 3 aromatic rings. The third-order valence-corrected chi connectivity index (χ3v) is 5.44. The lowest BCUT2D eigenvalue weighted by atomic mass is 9.89. The number of primary amides is 1. The van der Waals surface area contributed by atoms with Crippen molar-refractivity contribution < 1.29 is 9.53 Å². The minimum Gasteiger partial charge on any atom is -0.457 e. The van der Waals surface area contributed by atoms with Gasteiger partial charge in [0.05, 0.1) is 5.52 Å². The highest BCUT2D eigenvalue weighted by atomic mass is 16.5. The van der Waals surface area contributed by atoms with Gasteiger partial charge in [0.15, 0.2) is 0 Å². The lowest BCUT2D eigenvalue weighted by molar-refractivity contribution is 0.0994. The molecular weight excluding hydrogens is 366 g/mol. The number of amides is 1. The van der Waals surface area contributed by atoms with Crippen LogP contribution in [0.15, 0.2) is 36.7 Å². The van der Waals surface area contributed by atoms with Crippen LogP contribution in [0.2, 0.25) is 0 Å². The topological polar surface area (TPSA) is 103 Å². The van der Waals surface area contributed by atoms with Gasteiger partial charge < -0.3 is 15.8 Å². The zero-order chi connectivity index (χ0) is 20.2. The molecule has 0 radical (unpaired) electrons. The zero-order valence-electron chi connectivity index (χ0n) is 16.5. The molecule has 1 aliphatic carbocycles. The van der Waals surface area contributed by atoms with Gasteiger partial charge in [-0.1, -0.05) is 19.3 Å². The number of benzene rings is 1. The number of fused-ring (bicyclic) bond motifs is 1. The van der Waals surface area contributed by atoms with Gasteiger partial charge in [0, 0.05) is 29.9 Å². The van der Waals surface area contributed by atoms with Crippen molar-refractivity contribution in [2.45, 2.75) is 39.0 Å². The van der Waals surface area contributed by atoms with Crippen molar-refractivity contribution in [2.75, 3.05) is 11.9 Å². The molecule has 1 saturated carbocycles. The van der Waals surface area contributed by atoms with Crippen molar-refractivity contribution >= 4 is 22.8 Å². The number of ether oxygens (including phenoxy) is 1. The molecule has 4 rings (SSSR count). The number of nitrogens with two attached hydrogens (primary N) is 1. The Morgan fingerprint density at radius 3 is 2.83 bits per heavy atom. The van der Waals surface area contributed by atoms with E-state index in [1.165, 1.54) is 38.3 Å². The number of carbonyl (C=O) groups is 1. The van der Waals surface area contributed by atoms with E-state index in [0.29, 0.717) is 28.9 Å². The van der Waals surface area contributed by atoms with Gasteiger partial charge in [0.2, 0.25) is 5.95 Å². The fraction of sp³-hybridized carbons (Fsp3) is 0.364. The van der Waals surface area contributed by atoms with Crippen molar-refractivity contribution in [1.82, 2.24) is 15.0 Å². The molecule has 1 amide bonds. The van der Waals surface area contributed by atoms with Crippen molar-refractivity contribution in [1.29, 1.82) is 0 Å². The molecule has 1 aliphatic rings. The molecule has 150 valence electrons. The van der Waals surface area contributed by atoms with Gasteiger partial charge in [-0.2, -0.15) is 0 Å². The molecule has 0 saturated heterocycles. The molecule has 2 heterocycles.